The molecule has 0 saturated heterocycles. The summed E-state index contributed by atoms with van der Waals surface area (Å²) in [5.41, 5.74) is 4.57. The summed E-state index contributed by atoms with van der Waals surface area (Å²) in [5.74, 6) is -1.79. The van der Waals surface area contributed by atoms with Crippen molar-refractivity contribution in [2.75, 3.05) is 27.4 Å². The van der Waals surface area contributed by atoms with Crippen LogP contribution in [0.15, 0.2) is 16.6 Å². The van der Waals surface area contributed by atoms with Crippen LogP contribution in [0.1, 0.15) is 60.9 Å². The van der Waals surface area contributed by atoms with E-state index in [9.17, 15) is 24.3 Å². The van der Waals surface area contributed by atoms with Gasteiger partial charge in [0, 0.05) is 51.0 Å². The Hall–Kier alpha value is -4.00. The highest BCUT2D eigenvalue weighted by atomic mass is 79.9. The fourth-order valence-electron chi connectivity index (χ4n) is 5.50. The third kappa shape index (κ3) is 7.46. The summed E-state index contributed by atoms with van der Waals surface area (Å²) in [4.78, 5) is 51.1. The van der Waals surface area contributed by atoms with Gasteiger partial charge in [0.15, 0.2) is 23.0 Å². The van der Waals surface area contributed by atoms with Crippen LogP contribution in [-0.4, -0.2) is 71.2 Å². The molecule has 2 aromatic rings. The molecule has 2 heterocycles. The predicted octanol–water partition coefficient (Wildman–Crippen LogP) is 4.53. The van der Waals surface area contributed by atoms with E-state index in [1.807, 2.05) is 19.1 Å². The molecule has 244 valence electrons. The molecular formula is C32H39BrN2O10. The van der Waals surface area contributed by atoms with E-state index in [4.69, 9.17) is 24.1 Å². The molecule has 0 aliphatic carbocycles. The number of amides is 2. The summed E-state index contributed by atoms with van der Waals surface area (Å²) >= 11 is 3.66. The van der Waals surface area contributed by atoms with Crippen LogP contribution in [0.25, 0.3) is 0 Å². The van der Waals surface area contributed by atoms with E-state index in [2.05, 4.69) is 15.9 Å². The lowest BCUT2D eigenvalue weighted by atomic mass is 10.0. The molecule has 0 saturated carbocycles. The first kappa shape index (κ1) is 33.9. The molecular weight excluding hydrogens is 652 g/mol. The highest BCUT2D eigenvalue weighted by Gasteiger charge is 2.33. The smallest absolute Gasteiger partial charge is 0.306 e. The number of carbonyl (C=O) groups excluding carboxylic acids is 2. The number of rotatable bonds is 14. The van der Waals surface area contributed by atoms with Crippen LogP contribution in [0.5, 0.6) is 23.0 Å². The number of carbonyl (C=O) groups is 4. The van der Waals surface area contributed by atoms with Crippen LogP contribution in [0, 0.1) is 18.8 Å². The Kier molecular flexibility index (Phi) is 10.8. The minimum Gasteiger partial charge on any atom is -0.493 e. The van der Waals surface area contributed by atoms with Crippen molar-refractivity contribution in [2.45, 2.75) is 66.2 Å². The minimum atomic E-state index is -1.00. The highest BCUT2D eigenvalue weighted by Crippen LogP contribution is 2.46. The summed E-state index contributed by atoms with van der Waals surface area (Å²) in [6, 6.07) is 3.71. The normalized spacial score (nSPS) is 14.8. The van der Waals surface area contributed by atoms with Crippen LogP contribution >= 0.6 is 15.9 Å². The molecule has 0 unspecified atom stereocenters. The first-order valence-corrected chi connectivity index (χ1v) is 15.5. The van der Waals surface area contributed by atoms with Crippen LogP contribution in [-0.2, 0) is 45.4 Å². The fourth-order valence-corrected chi connectivity index (χ4v) is 6.16. The van der Waals surface area contributed by atoms with Crippen molar-refractivity contribution in [1.29, 1.82) is 0 Å². The van der Waals surface area contributed by atoms with Gasteiger partial charge >= 0.3 is 11.9 Å². The molecule has 4 rings (SSSR count). The predicted molar refractivity (Wildman–Crippen MR) is 165 cm³/mol. The lowest BCUT2D eigenvalue weighted by Gasteiger charge is -2.18. The third-order valence-electron chi connectivity index (χ3n) is 8.24. The zero-order valence-electron chi connectivity index (χ0n) is 26.1. The molecule has 2 aromatic carbocycles. The molecule has 13 heteroatoms. The number of fused-ring (bicyclic) bond motifs is 2. The maximum Gasteiger partial charge on any atom is 0.306 e. The van der Waals surface area contributed by atoms with Crippen molar-refractivity contribution in [1.82, 2.24) is 9.80 Å². The zero-order chi connectivity index (χ0) is 33.0. The SMILES string of the molecule is COc1cc2c(cc1OCCCOc1c(Br)c3c(c(C)c1OC)CN(C(=O)C[C@H](C)C(=O)O)C3)CN(C(=O)C[C@H](C)C(=O)O)C2. The fraction of sp³-hybridized carbons (Fsp3) is 0.500. The maximum atomic E-state index is 12.8. The van der Waals surface area contributed by atoms with Crippen LogP contribution in [0.2, 0.25) is 0 Å². The van der Waals surface area contributed by atoms with Gasteiger partial charge in [-0.2, -0.15) is 0 Å². The average Bonchev–Trinajstić information content (AvgIpc) is 3.64. The van der Waals surface area contributed by atoms with Gasteiger partial charge in [-0.05, 0) is 57.2 Å². The van der Waals surface area contributed by atoms with E-state index < -0.39 is 23.8 Å². The van der Waals surface area contributed by atoms with E-state index in [0.29, 0.717) is 73.3 Å². The van der Waals surface area contributed by atoms with E-state index >= 15 is 0 Å². The third-order valence-corrected chi connectivity index (χ3v) is 9.08. The molecule has 2 amide bonds. The Morgan fingerprint density at radius 2 is 1.29 bits per heavy atom. The molecule has 0 aromatic heterocycles. The van der Waals surface area contributed by atoms with Gasteiger partial charge in [0.2, 0.25) is 11.8 Å². The van der Waals surface area contributed by atoms with Crippen molar-refractivity contribution in [3.63, 3.8) is 0 Å². The van der Waals surface area contributed by atoms with Gasteiger partial charge < -0.3 is 39.0 Å². The van der Waals surface area contributed by atoms with E-state index in [0.717, 1.165) is 27.8 Å². The van der Waals surface area contributed by atoms with Crippen molar-refractivity contribution in [3.05, 3.63) is 44.4 Å². The quantitative estimate of drug-likeness (QED) is 0.271. The highest BCUT2D eigenvalue weighted by molar-refractivity contribution is 9.10. The number of aliphatic carboxylic acids is 2. The number of hydrogen-bond acceptors (Lipinski definition) is 8. The van der Waals surface area contributed by atoms with Gasteiger partial charge in [-0.1, -0.05) is 13.8 Å². The van der Waals surface area contributed by atoms with Gasteiger partial charge in [0.05, 0.1) is 43.7 Å². The second-order valence-corrected chi connectivity index (χ2v) is 12.3. The van der Waals surface area contributed by atoms with Gasteiger partial charge in [0.25, 0.3) is 0 Å². The van der Waals surface area contributed by atoms with Gasteiger partial charge in [-0.25, -0.2) is 0 Å². The van der Waals surface area contributed by atoms with Crippen molar-refractivity contribution in [2.24, 2.45) is 11.8 Å². The molecule has 2 atom stereocenters. The van der Waals surface area contributed by atoms with Crippen LogP contribution < -0.4 is 18.9 Å². The summed E-state index contributed by atoms with van der Waals surface area (Å²) in [6.07, 6.45) is 0.399. The Labute approximate surface area is 270 Å². The standard InChI is InChI=1S/C32H39BrN2O10/c1-17(31(38)39)9-26(36)34-13-20-11-24(42-4)25(12-21(20)14-34)44-7-6-8-45-30-28(33)23-16-35(27(37)10-18(2)32(40)41)15-22(23)19(3)29(30)43-5/h11-12,17-18H,6-10,13-16H2,1-5H3,(H,38,39)(H,40,41)/t17-,18-/m0/s1. The maximum absolute atomic E-state index is 12.8. The first-order valence-electron chi connectivity index (χ1n) is 14.7. The molecule has 2 aliphatic rings. The van der Waals surface area contributed by atoms with Crippen molar-refractivity contribution in [3.8, 4) is 23.0 Å². The van der Waals surface area contributed by atoms with Crippen LogP contribution in [0.3, 0.4) is 0 Å². The number of carboxylic acids is 2. The lowest BCUT2D eigenvalue weighted by molar-refractivity contribution is -0.145. The van der Waals surface area contributed by atoms with Crippen molar-refractivity contribution >= 4 is 39.7 Å². The number of hydrogen-bond donors (Lipinski definition) is 2. The van der Waals surface area contributed by atoms with E-state index in [-0.39, 0.29) is 24.7 Å². The molecule has 2 aliphatic heterocycles. The first-order chi connectivity index (χ1) is 21.4. The number of carboxylic acid groups (broad SMARTS) is 2. The Balaban J connectivity index is 1.36. The molecule has 0 radical (unpaired) electrons. The number of halogens is 1. The number of ether oxygens (including phenoxy) is 4. The van der Waals surface area contributed by atoms with Gasteiger partial charge in [-0.15, -0.1) is 0 Å². The second kappa shape index (κ2) is 14.4. The monoisotopic (exact) mass is 690 g/mol. The largest absolute Gasteiger partial charge is 0.493 e. The second-order valence-electron chi connectivity index (χ2n) is 11.5. The molecule has 2 N–H and O–H groups in total. The summed E-state index contributed by atoms with van der Waals surface area (Å²) in [7, 11) is 3.11. The lowest BCUT2D eigenvalue weighted by Crippen LogP contribution is -2.28. The van der Waals surface area contributed by atoms with Crippen LogP contribution in [0.4, 0.5) is 0 Å². The number of nitrogens with zero attached hydrogens (tertiary/aromatic N) is 2. The Morgan fingerprint density at radius 1 is 0.778 bits per heavy atom. The van der Waals surface area contributed by atoms with Crippen molar-refractivity contribution < 1.29 is 48.3 Å². The Morgan fingerprint density at radius 3 is 1.82 bits per heavy atom. The summed E-state index contributed by atoms with van der Waals surface area (Å²) < 4.78 is 24.1. The van der Waals surface area contributed by atoms with E-state index in [1.165, 1.54) is 13.8 Å². The Bertz CT molecular complexity index is 1490. The summed E-state index contributed by atoms with van der Waals surface area (Å²) in [6.45, 7) is 7.04. The van der Waals surface area contributed by atoms with Gasteiger partial charge in [0.1, 0.15) is 0 Å². The topological polar surface area (TPSA) is 152 Å². The van der Waals surface area contributed by atoms with E-state index in [1.54, 1.807) is 24.0 Å². The minimum absolute atomic E-state index is 0.0586. The molecule has 45 heavy (non-hydrogen) atoms. The molecule has 0 spiro atoms. The average molecular weight is 692 g/mol. The van der Waals surface area contributed by atoms with Gasteiger partial charge in [-0.3, -0.25) is 19.2 Å². The zero-order valence-corrected chi connectivity index (χ0v) is 27.7. The number of benzene rings is 2. The number of methoxy groups -OCH3 is 2. The molecule has 0 bridgehead atoms. The molecule has 12 nitrogen and oxygen atoms in total. The molecule has 0 fully saturated rings. The summed E-state index contributed by atoms with van der Waals surface area (Å²) in [5, 5.41) is 18.3.